The van der Waals surface area contributed by atoms with Crippen LogP contribution in [0.3, 0.4) is 0 Å². The molecule has 0 aliphatic carbocycles. The molecular formula is C24H19ClN4S. The van der Waals surface area contributed by atoms with E-state index >= 15 is 0 Å². The molecule has 3 aromatic rings. The minimum atomic E-state index is -0.150. The van der Waals surface area contributed by atoms with Crippen LogP contribution in [0.2, 0.25) is 5.15 Å². The molecule has 0 saturated carbocycles. The summed E-state index contributed by atoms with van der Waals surface area (Å²) in [7, 11) is 0. The highest BCUT2D eigenvalue weighted by atomic mass is 35.5. The Bertz CT molecular complexity index is 1130. The first-order valence-electron chi connectivity index (χ1n) is 9.40. The van der Waals surface area contributed by atoms with Crippen LogP contribution in [0.5, 0.6) is 0 Å². The Balaban J connectivity index is 1.93. The van der Waals surface area contributed by atoms with Gasteiger partial charge < -0.3 is 4.90 Å². The number of thioether (sulfide) groups is 1. The fourth-order valence-electron chi connectivity index (χ4n) is 3.37. The zero-order valence-corrected chi connectivity index (χ0v) is 17.9. The topological polar surface area (TPSA) is 41.4 Å². The van der Waals surface area contributed by atoms with E-state index in [9.17, 15) is 0 Å². The van der Waals surface area contributed by atoms with Crippen LogP contribution in [0.4, 0.5) is 11.4 Å². The van der Waals surface area contributed by atoms with Gasteiger partial charge in [-0.1, -0.05) is 35.6 Å². The van der Waals surface area contributed by atoms with Crippen molar-refractivity contribution in [2.24, 2.45) is 4.99 Å². The van der Waals surface area contributed by atoms with Crippen molar-refractivity contribution in [3.8, 4) is 11.8 Å². The predicted molar refractivity (Wildman–Crippen MR) is 126 cm³/mol. The molecule has 6 heteroatoms. The first kappa shape index (κ1) is 20.2. The lowest BCUT2D eigenvalue weighted by molar-refractivity contribution is 0.774. The van der Waals surface area contributed by atoms with Gasteiger partial charge in [0, 0.05) is 35.6 Å². The summed E-state index contributed by atoms with van der Waals surface area (Å²) in [5.41, 5.74) is 4.09. The normalized spacial score (nSPS) is 13.6. The zero-order chi connectivity index (χ0) is 20.8. The average molecular weight is 431 g/mol. The highest BCUT2D eigenvalue weighted by molar-refractivity contribution is 7.98. The highest BCUT2D eigenvalue weighted by Crippen LogP contribution is 2.41. The van der Waals surface area contributed by atoms with Gasteiger partial charge in [0.1, 0.15) is 5.15 Å². The van der Waals surface area contributed by atoms with Crippen molar-refractivity contribution in [3.05, 3.63) is 89.6 Å². The van der Waals surface area contributed by atoms with Crippen molar-refractivity contribution < 1.29 is 0 Å². The summed E-state index contributed by atoms with van der Waals surface area (Å²) < 4.78 is 0. The Hall–Kier alpha value is -3.07. The summed E-state index contributed by atoms with van der Waals surface area (Å²) in [6.07, 6.45) is 11.7. The molecule has 2 aromatic heterocycles. The molecule has 1 unspecified atom stereocenters. The number of hydrogen-bond acceptors (Lipinski definition) is 5. The van der Waals surface area contributed by atoms with Crippen molar-refractivity contribution >= 4 is 41.0 Å². The van der Waals surface area contributed by atoms with E-state index in [2.05, 4.69) is 68.3 Å². The number of aromatic nitrogens is 2. The zero-order valence-electron chi connectivity index (χ0n) is 16.4. The Morgan fingerprint density at radius 1 is 1.10 bits per heavy atom. The predicted octanol–water partition coefficient (Wildman–Crippen LogP) is 6.09. The minimum absolute atomic E-state index is 0.150. The molecule has 0 saturated heterocycles. The second-order valence-corrected chi connectivity index (χ2v) is 7.85. The van der Waals surface area contributed by atoms with Crippen molar-refractivity contribution in [2.75, 3.05) is 11.2 Å². The van der Waals surface area contributed by atoms with Crippen molar-refractivity contribution in [1.82, 2.24) is 9.97 Å². The van der Waals surface area contributed by atoms with Crippen LogP contribution in [-0.4, -0.2) is 22.4 Å². The van der Waals surface area contributed by atoms with E-state index in [4.69, 9.17) is 11.6 Å². The van der Waals surface area contributed by atoms with Crippen molar-refractivity contribution in [2.45, 2.75) is 17.4 Å². The van der Waals surface area contributed by atoms with Crippen molar-refractivity contribution in [1.29, 1.82) is 0 Å². The molecule has 3 heterocycles. The molecule has 1 atom stereocenters. The third-order valence-corrected chi connectivity index (χ3v) is 5.65. The summed E-state index contributed by atoms with van der Waals surface area (Å²) in [5, 5.41) is 0.457. The van der Waals surface area contributed by atoms with Gasteiger partial charge >= 0.3 is 0 Å². The first-order valence-corrected chi connectivity index (χ1v) is 11.0. The number of halogens is 1. The van der Waals surface area contributed by atoms with Gasteiger partial charge in [0.05, 0.1) is 24.1 Å². The molecule has 4 rings (SSSR count). The largest absolute Gasteiger partial charge is 0.329 e. The maximum Gasteiger partial charge on any atom is 0.129 e. The van der Waals surface area contributed by atoms with Crippen LogP contribution >= 0.6 is 23.4 Å². The summed E-state index contributed by atoms with van der Waals surface area (Å²) in [6.45, 7) is 0. The van der Waals surface area contributed by atoms with Crippen LogP contribution in [0.1, 0.15) is 18.0 Å². The van der Waals surface area contributed by atoms with E-state index in [1.165, 1.54) is 4.90 Å². The molecule has 148 valence electrons. The SMILES string of the molecule is CSc1cccc(N(c2ccc(Cl)nc2)C(C2=CN=CC#CC2)c2cccnc2)c1. The van der Waals surface area contributed by atoms with E-state index < -0.39 is 0 Å². The molecule has 4 nitrogen and oxygen atoms in total. The fourth-order valence-corrected chi connectivity index (χ4v) is 3.93. The quantitative estimate of drug-likeness (QED) is 0.269. The summed E-state index contributed by atoms with van der Waals surface area (Å²) in [6, 6.07) is 16.1. The molecule has 0 amide bonds. The highest BCUT2D eigenvalue weighted by Gasteiger charge is 2.27. The molecule has 1 aliphatic rings. The number of hydrogen-bond donors (Lipinski definition) is 0. The Kier molecular flexibility index (Phi) is 6.48. The maximum atomic E-state index is 6.09. The van der Waals surface area contributed by atoms with Crippen LogP contribution in [0.25, 0.3) is 0 Å². The molecule has 0 spiro atoms. The van der Waals surface area contributed by atoms with Gasteiger partial charge in [-0.3, -0.25) is 9.98 Å². The Morgan fingerprint density at radius 3 is 2.80 bits per heavy atom. The summed E-state index contributed by atoms with van der Waals surface area (Å²) >= 11 is 7.79. The first-order chi connectivity index (χ1) is 14.8. The Labute approximate surface area is 185 Å². The van der Waals surface area contributed by atoms with Crippen LogP contribution in [0, 0.1) is 11.8 Å². The molecule has 0 radical (unpaired) electrons. The number of pyridine rings is 2. The maximum absolute atomic E-state index is 6.09. The molecular weight excluding hydrogens is 412 g/mol. The molecule has 0 fully saturated rings. The molecule has 1 aromatic carbocycles. The molecule has 0 N–H and O–H groups in total. The third kappa shape index (κ3) is 4.56. The van der Waals surface area contributed by atoms with Gasteiger partial charge in [-0.05, 0) is 53.8 Å². The van der Waals surface area contributed by atoms with Gasteiger partial charge in [0.25, 0.3) is 0 Å². The van der Waals surface area contributed by atoms with Gasteiger partial charge in [-0.25, -0.2) is 4.98 Å². The van der Waals surface area contributed by atoms with Crippen LogP contribution in [0.15, 0.2) is 88.8 Å². The third-order valence-electron chi connectivity index (χ3n) is 4.71. The summed E-state index contributed by atoms with van der Waals surface area (Å²) in [4.78, 5) is 16.5. The number of nitrogens with zero attached hydrogens (tertiary/aromatic N) is 4. The van der Waals surface area contributed by atoms with E-state index in [1.807, 2.05) is 30.6 Å². The monoisotopic (exact) mass is 430 g/mol. The van der Waals surface area contributed by atoms with Gasteiger partial charge in [-0.2, -0.15) is 0 Å². The lowest BCUT2D eigenvalue weighted by atomic mass is 9.95. The minimum Gasteiger partial charge on any atom is -0.329 e. The number of benzene rings is 1. The van der Waals surface area contributed by atoms with Gasteiger partial charge in [0.2, 0.25) is 0 Å². The van der Waals surface area contributed by atoms with E-state index in [-0.39, 0.29) is 6.04 Å². The average Bonchev–Trinajstić information content (AvgIpc) is 3.08. The van der Waals surface area contributed by atoms with E-state index in [0.717, 1.165) is 22.5 Å². The van der Waals surface area contributed by atoms with E-state index in [0.29, 0.717) is 11.6 Å². The smallest absolute Gasteiger partial charge is 0.129 e. The number of rotatable bonds is 6. The fraction of sp³-hybridized carbons (Fsp3) is 0.125. The van der Waals surface area contributed by atoms with Gasteiger partial charge in [-0.15, -0.1) is 11.8 Å². The Morgan fingerprint density at radius 2 is 2.03 bits per heavy atom. The van der Waals surface area contributed by atoms with Crippen molar-refractivity contribution in [3.63, 3.8) is 0 Å². The molecule has 30 heavy (non-hydrogen) atoms. The van der Waals surface area contributed by atoms with Gasteiger partial charge in [0.15, 0.2) is 0 Å². The second kappa shape index (κ2) is 9.62. The lowest BCUT2D eigenvalue weighted by Gasteiger charge is -2.35. The van der Waals surface area contributed by atoms with Crippen LogP contribution in [-0.2, 0) is 0 Å². The number of aliphatic imine (C=N–C) groups is 1. The second-order valence-electron chi connectivity index (χ2n) is 6.58. The summed E-state index contributed by atoms with van der Waals surface area (Å²) in [5.74, 6) is 6.15. The lowest BCUT2D eigenvalue weighted by Crippen LogP contribution is -2.26. The molecule has 0 bridgehead atoms. The van der Waals surface area contributed by atoms with E-state index in [1.54, 1.807) is 30.4 Å². The molecule has 1 aliphatic heterocycles. The standard InChI is InChI=1S/C24H19ClN4S/c1-30-22-9-4-8-20(14-22)29(21-10-11-23(25)28-17-21)24(19-7-5-13-27-16-19)18-6-2-3-12-26-15-18/h4-5,7-17,24H,6H2,1H3. The number of anilines is 2. The van der Waals surface area contributed by atoms with Crippen LogP contribution < -0.4 is 4.90 Å².